The zero-order chi connectivity index (χ0) is 17.4. The molecule has 1 unspecified atom stereocenters. The predicted molar refractivity (Wildman–Crippen MR) is 98.5 cm³/mol. The molecule has 25 heavy (non-hydrogen) atoms. The van der Waals surface area contributed by atoms with Gasteiger partial charge >= 0.3 is 0 Å². The third-order valence-electron chi connectivity index (χ3n) is 4.98. The number of hydrogen-bond donors (Lipinski definition) is 2. The topological polar surface area (TPSA) is 52.8 Å². The van der Waals surface area contributed by atoms with Gasteiger partial charge in [-0.05, 0) is 61.1 Å². The van der Waals surface area contributed by atoms with E-state index >= 15 is 0 Å². The van der Waals surface area contributed by atoms with Gasteiger partial charge in [-0.1, -0.05) is 47.1 Å². The molecule has 0 saturated carbocycles. The molecule has 4 heteroatoms. The molecule has 0 amide bonds. The molecule has 0 saturated heterocycles. The second-order valence-electron chi connectivity index (χ2n) is 6.66. The molecule has 0 heterocycles. The molecule has 1 radical (unpaired) electrons. The fraction of sp³-hybridized carbons (Fsp3) is 0.286. The van der Waals surface area contributed by atoms with Crippen LogP contribution in [0.1, 0.15) is 39.8 Å². The Balaban J connectivity index is 0.00000225. The first-order chi connectivity index (χ1) is 11.4. The molecule has 0 spiro atoms. The summed E-state index contributed by atoms with van der Waals surface area (Å²) in [4.78, 5) is 0. The largest absolute Gasteiger partial charge is 0.411 e. The Labute approximate surface area is 185 Å². The first-order valence-corrected chi connectivity index (χ1v) is 8.21. The van der Waals surface area contributed by atoms with Gasteiger partial charge in [0.05, 0.1) is 11.8 Å². The fourth-order valence-corrected chi connectivity index (χ4v) is 3.37. The van der Waals surface area contributed by atoms with E-state index in [9.17, 15) is 10.3 Å². The van der Waals surface area contributed by atoms with Crippen LogP contribution < -0.4 is 0 Å². The van der Waals surface area contributed by atoms with E-state index in [2.05, 4.69) is 38.1 Å². The summed E-state index contributed by atoms with van der Waals surface area (Å²) in [6, 6.07) is 12.3. The summed E-state index contributed by atoms with van der Waals surface area (Å²) in [6.07, 6.45) is -0.323. The van der Waals surface area contributed by atoms with Crippen LogP contribution in [0.25, 0.3) is 11.1 Å². The third kappa shape index (κ3) is 3.92. The summed E-state index contributed by atoms with van der Waals surface area (Å²) < 4.78 is 0. The number of allylic oxidation sites excluding steroid dienone is 1. The van der Waals surface area contributed by atoms with E-state index in [0.717, 1.165) is 22.3 Å². The van der Waals surface area contributed by atoms with Gasteiger partial charge in [0.15, 0.2) is 0 Å². The van der Waals surface area contributed by atoms with Gasteiger partial charge in [0.25, 0.3) is 0 Å². The number of rotatable bonds is 2. The number of aliphatic hydroxyl groups is 1. The van der Waals surface area contributed by atoms with Crippen molar-refractivity contribution in [1.29, 1.82) is 0 Å². The molecule has 127 valence electrons. The molecule has 3 rings (SSSR count). The number of benzene rings is 2. The average molecular weight is 548 g/mol. The van der Waals surface area contributed by atoms with Crippen molar-refractivity contribution in [3.05, 3.63) is 69.8 Å². The maximum absolute atomic E-state index is 10.6. The molecule has 2 N–H and O–H groups in total. The van der Waals surface area contributed by atoms with Crippen LogP contribution in [0, 0.1) is 71.8 Å². The van der Waals surface area contributed by atoms with Gasteiger partial charge in [-0.15, -0.1) is 0 Å². The van der Waals surface area contributed by atoms with Crippen molar-refractivity contribution in [2.75, 3.05) is 0 Å². The van der Waals surface area contributed by atoms with E-state index in [1.165, 1.54) is 22.3 Å². The van der Waals surface area contributed by atoms with E-state index in [0.29, 0.717) is 12.1 Å². The number of hydrogen-bond acceptors (Lipinski definition) is 3. The maximum atomic E-state index is 10.6. The van der Waals surface area contributed by atoms with Gasteiger partial charge in [-0.25, -0.2) is 0 Å². The van der Waals surface area contributed by atoms with Crippen molar-refractivity contribution in [1.82, 2.24) is 0 Å². The van der Waals surface area contributed by atoms with E-state index in [4.69, 9.17) is 0 Å². The molecule has 0 bridgehead atoms. The quantitative estimate of drug-likeness (QED) is 0.432. The molecule has 1 aliphatic rings. The summed E-state index contributed by atoms with van der Waals surface area (Å²) in [6.45, 7) is 8.31. The summed E-state index contributed by atoms with van der Waals surface area (Å²) in [7, 11) is 0. The second-order valence-corrected chi connectivity index (χ2v) is 6.66. The second kappa shape index (κ2) is 8.17. The van der Waals surface area contributed by atoms with Crippen molar-refractivity contribution in [2.45, 2.75) is 40.2 Å². The van der Waals surface area contributed by atoms with Gasteiger partial charge in [0.2, 0.25) is 0 Å². The molecule has 3 nitrogen and oxygen atoms in total. The van der Waals surface area contributed by atoms with Crippen LogP contribution in [0.3, 0.4) is 0 Å². The van der Waals surface area contributed by atoms with E-state index in [1.54, 1.807) is 0 Å². The van der Waals surface area contributed by atoms with Crippen molar-refractivity contribution in [3.8, 4) is 0 Å². The SMILES string of the molecule is Cc1ccc(C2=C(c3cc(C)c(C)c(C)c3)C(=NO)CC2O)cc1.[Ac]. The maximum Gasteiger partial charge on any atom is 0.0907 e. The van der Waals surface area contributed by atoms with Crippen molar-refractivity contribution < 1.29 is 54.4 Å². The average Bonchev–Trinajstić information content (AvgIpc) is 2.89. The van der Waals surface area contributed by atoms with Gasteiger partial charge in [0.1, 0.15) is 0 Å². The Kier molecular flexibility index (Phi) is 6.65. The smallest absolute Gasteiger partial charge is 0.0907 e. The number of nitrogens with zero attached hydrogens (tertiary/aromatic N) is 1. The normalized spacial score (nSPS) is 18.6. The summed E-state index contributed by atoms with van der Waals surface area (Å²) in [5.74, 6) is 0. The zero-order valence-corrected chi connectivity index (χ0v) is 19.9. The minimum atomic E-state index is -0.657. The Morgan fingerprint density at radius 1 is 0.920 bits per heavy atom. The van der Waals surface area contributed by atoms with Crippen LogP contribution in [0.5, 0.6) is 0 Å². The summed E-state index contributed by atoms with van der Waals surface area (Å²) in [5.41, 5.74) is 9.02. The van der Waals surface area contributed by atoms with Crippen LogP contribution in [-0.4, -0.2) is 22.1 Å². The van der Waals surface area contributed by atoms with Crippen LogP contribution in [0.2, 0.25) is 0 Å². The van der Waals surface area contributed by atoms with Gasteiger partial charge in [-0.2, -0.15) is 0 Å². The third-order valence-corrected chi connectivity index (χ3v) is 4.98. The molecule has 0 aliphatic heterocycles. The zero-order valence-electron chi connectivity index (χ0n) is 15.2. The number of oxime groups is 1. The fourth-order valence-electron chi connectivity index (χ4n) is 3.37. The molecule has 1 aliphatic carbocycles. The predicted octanol–water partition coefficient (Wildman–Crippen LogP) is 4.43. The van der Waals surface area contributed by atoms with E-state index in [-0.39, 0.29) is 44.1 Å². The first kappa shape index (κ1) is 20.4. The van der Waals surface area contributed by atoms with Crippen molar-refractivity contribution in [2.24, 2.45) is 5.16 Å². The van der Waals surface area contributed by atoms with Gasteiger partial charge < -0.3 is 10.3 Å². The van der Waals surface area contributed by atoms with Gasteiger partial charge in [0, 0.05) is 56.1 Å². The standard InChI is InChI=1S/C21H23NO2.Ac/c1-12-5-7-16(8-6-12)21-19(23)11-18(22-24)20(21)17-9-13(2)15(4)14(3)10-17;/h5-10,19,23-24H,11H2,1-4H3;. The van der Waals surface area contributed by atoms with Crippen LogP contribution >= 0.6 is 0 Å². The Bertz CT molecular complexity index is 828. The molecule has 0 fully saturated rings. The molecule has 2 aromatic rings. The van der Waals surface area contributed by atoms with E-state index in [1.807, 2.05) is 31.2 Å². The Morgan fingerprint density at radius 2 is 1.48 bits per heavy atom. The molecule has 0 aromatic heterocycles. The minimum Gasteiger partial charge on any atom is -0.411 e. The molecule has 2 aromatic carbocycles. The molecule has 1 atom stereocenters. The first-order valence-electron chi connectivity index (χ1n) is 8.21. The minimum absolute atomic E-state index is 0. The van der Waals surface area contributed by atoms with Gasteiger partial charge in [-0.3, -0.25) is 0 Å². The molecular weight excluding hydrogens is 525 g/mol. The van der Waals surface area contributed by atoms with E-state index < -0.39 is 6.10 Å². The molecular formula is C21H23AcNO2. The van der Waals surface area contributed by atoms with Crippen LogP contribution in [0.4, 0.5) is 0 Å². The van der Waals surface area contributed by atoms with Crippen LogP contribution in [-0.2, 0) is 0 Å². The summed E-state index contributed by atoms with van der Waals surface area (Å²) in [5, 5.41) is 23.5. The summed E-state index contributed by atoms with van der Waals surface area (Å²) >= 11 is 0. The Hall–Kier alpha value is -0.948. The van der Waals surface area contributed by atoms with Crippen LogP contribution in [0.15, 0.2) is 41.6 Å². The number of aliphatic hydroxyl groups excluding tert-OH is 1. The Morgan fingerprint density at radius 3 is 2.00 bits per heavy atom. The number of aryl methyl sites for hydroxylation is 3. The van der Waals surface area contributed by atoms with Crippen molar-refractivity contribution >= 4 is 16.9 Å². The monoisotopic (exact) mass is 548 g/mol. The van der Waals surface area contributed by atoms with Crippen molar-refractivity contribution in [3.63, 3.8) is 0 Å².